The van der Waals surface area contributed by atoms with E-state index >= 15 is 0 Å². The van der Waals surface area contributed by atoms with Crippen LogP contribution in [-0.4, -0.2) is 46.5 Å². The molecule has 0 atom stereocenters. The maximum absolute atomic E-state index is 12.6. The summed E-state index contributed by atoms with van der Waals surface area (Å²) in [5.74, 6) is 1.44. The number of imidazole rings is 1. The van der Waals surface area contributed by atoms with Crippen LogP contribution < -0.4 is 4.90 Å². The van der Waals surface area contributed by atoms with Crippen LogP contribution in [0.25, 0.3) is 5.69 Å². The first-order valence-corrected chi connectivity index (χ1v) is 9.28. The Bertz CT molecular complexity index is 701. The molecule has 0 spiro atoms. The molecule has 0 N–H and O–H groups in total. The maximum atomic E-state index is 12.6. The molecular formula is C20H29ClN4O. The topological polar surface area (TPSA) is 41.4 Å². The number of halogens is 1. The number of carbonyl (C=O) groups excluding carboxylic acids is 1. The van der Waals surface area contributed by atoms with Crippen molar-refractivity contribution in [3.63, 3.8) is 0 Å². The number of carbonyl (C=O) groups is 1. The summed E-state index contributed by atoms with van der Waals surface area (Å²) in [7, 11) is 0. The normalized spacial score (nSPS) is 14.5. The van der Waals surface area contributed by atoms with Gasteiger partial charge in [0, 0.05) is 50.2 Å². The molecule has 1 aromatic carbocycles. The first-order valence-electron chi connectivity index (χ1n) is 9.28. The van der Waals surface area contributed by atoms with E-state index in [0.29, 0.717) is 5.91 Å². The predicted octanol–water partition coefficient (Wildman–Crippen LogP) is 3.69. The van der Waals surface area contributed by atoms with Gasteiger partial charge in [0.2, 0.25) is 11.9 Å². The standard InChI is InChI=1S/C20H28N4O.ClH/c1-4-17(5-2)19(25)22-12-14-23(15-13-22)20-21-10-11-24(20)18-8-6-16(3)7-9-18;/h6-11,17H,4-5,12-15H2,1-3H3;1H. The van der Waals surface area contributed by atoms with Crippen molar-refractivity contribution in [3.8, 4) is 5.69 Å². The summed E-state index contributed by atoms with van der Waals surface area (Å²) >= 11 is 0. The number of aryl methyl sites for hydroxylation is 1. The Morgan fingerprint density at radius 1 is 1.08 bits per heavy atom. The summed E-state index contributed by atoms with van der Waals surface area (Å²) in [6.07, 6.45) is 5.69. The molecule has 2 heterocycles. The molecule has 1 aliphatic heterocycles. The Morgan fingerprint density at radius 3 is 2.27 bits per heavy atom. The van der Waals surface area contributed by atoms with Gasteiger partial charge in [-0.3, -0.25) is 9.36 Å². The van der Waals surface area contributed by atoms with E-state index < -0.39 is 0 Å². The zero-order valence-electron chi connectivity index (χ0n) is 15.9. The zero-order valence-corrected chi connectivity index (χ0v) is 16.7. The number of nitrogens with zero attached hydrogens (tertiary/aromatic N) is 4. The third-order valence-electron chi connectivity index (χ3n) is 5.14. The highest BCUT2D eigenvalue weighted by Gasteiger charge is 2.27. The van der Waals surface area contributed by atoms with E-state index in [1.54, 1.807) is 0 Å². The van der Waals surface area contributed by atoms with Crippen molar-refractivity contribution in [1.29, 1.82) is 0 Å². The van der Waals surface area contributed by atoms with Crippen LogP contribution in [0.3, 0.4) is 0 Å². The van der Waals surface area contributed by atoms with E-state index in [9.17, 15) is 4.79 Å². The average Bonchev–Trinajstić information content (AvgIpc) is 3.13. The minimum Gasteiger partial charge on any atom is -0.339 e. The van der Waals surface area contributed by atoms with Crippen molar-refractivity contribution in [3.05, 3.63) is 42.2 Å². The quantitative estimate of drug-likeness (QED) is 0.799. The largest absolute Gasteiger partial charge is 0.339 e. The van der Waals surface area contributed by atoms with E-state index in [0.717, 1.165) is 50.7 Å². The summed E-state index contributed by atoms with van der Waals surface area (Å²) in [6, 6.07) is 8.47. The molecule has 6 heteroatoms. The second kappa shape index (κ2) is 9.08. The van der Waals surface area contributed by atoms with E-state index in [1.807, 2.05) is 17.3 Å². The van der Waals surface area contributed by atoms with Gasteiger partial charge in [-0.15, -0.1) is 12.4 Å². The van der Waals surface area contributed by atoms with Gasteiger partial charge in [-0.1, -0.05) is 31.5 Å². The second-order valence-corrected chi connectivity index (χ2v) is 6.76. The number of hydrogen-bond acceptors (Lipinski definition) is 3. The molecule has 0 unspecified atom stereocenters. The van der Waals surface area contributed by atoms with E-state index in [1.165, 1.54) is 5.56 Å². The maximum Gasteiger partial charge on any atom is 0.225 e. The molecule has 142 valence electrons. The molecule has 3 rings (SSSR count). The molecule has 0 saturated carbocycles. The van der Waals surface area contributed by atoms with Gasteiger partial charge in [-0.05, 0) is 31.9 Å². The molecule has 26 heavy (non-hydrogen) atoms. The van der Waals surface area contributed by atoms with Crippen molar-refractivity contribution < 1.29 is 4.79 Å². The number of anilines is 1. The van der Waals surface area contributed by atoms with Crippen LogP contribution in [0.5, 0.6) is 0 Å². The summed E-state index contributed by atoms with van der Waals surface area (Å²) in [5, 5.41) is 0. The Labute approximate surface area is 162 Å². The Balaban J connectivity index is 0.00000243. The number of aromatic nitrogens is 2. The SMILES string of the molecule is CCC(CC)C(=O)N1CCN(c2nccn2-c2ccc(C)cc2)CC1.Cl. The molecule has 1 aromatic heterocycles. The van der Waals surface area contributed by atoms with Crippen LogP contribution in [0.15, 0.2) is 36.7 Å². The molecule has 1 amide bonds. The fourth-order valence-electron chi connectivity index (χ4n) is 3.46. The highest BCUT2D eigenvalue weighted by Crippen LogP contribution is 2.21. The third-order valence-corrected chi connectivity index (χ3v) is 5.14. The van der Waals surface area contributed by atoms with Gasteiger partial charge in [0.15, 0.2) is 0 Å². The van der Waals surface area contributed by atoms with Crippen LogP contribution in [-0.2, 0) is 4.79 Å². The lowest BCUT2D eigenvalue weighted by Gasteiger charge is -2.36. The monoisotopic (exact) mass is 376 g/mol. The molecule has 0 aliphatic carbocycles. The van der Waals surface area contributed by atoms with Crippen molar-refractivity contribution >= 4 is 24.3 Å². The summed E-state index contributed by atoms with van der Waals surface area (Å²) in [6.45, 7) is 9.49. The van der Waals surface area contributed by atoms with Crippen molar-refractivity contribution in [1.82, 2.24) is 14.5 Å². The van der Waals surface area contributed by atoms with Crippen LogP contribution in [0.1, 0.15) is 32.3 Å². The lowest BCUT2D eigenvalue weighted by molar-refractivity contribution is -0.136. The highest BCUT2D eigenvalue weighted by molar-refractivity contribution is 5.85. The number of rotatable bonds is 5. The van der Waals surface area contributed by atoms with Gasteiger partial charge >= 0.3 is 0 Å². The van der Waals surface area contributed by atoms with Gasteiger partial charge in [0.05, 0.1) is 0 Å². The molecule has 0 radical (unpaired) electrons. The molecule has 2 aromatic rings. The number of benzene rings is 1. The van der Waals surface area contributed by atoms with Crippen LogP contribution in [0.4, 0.5) is 5.95 Å². The molecule has 1 fully saturated rings. The molecule has 5 nitrogen and oxygen atoms in total. The van der Waals surface area contributed by atoms with E-state index in [-0.39, 0.29) is 18.3 Å². The first-order chi connectivity index (χ1) is 12.1. The highest BCUT2D eigenvalue weighted by atomic mass is 35.5. The van der Waals surface area contributed by atoms with Crippen LogP contribution in [0.2, 0.25) is 0 Å². The average molecular weight is 377 g/mol. The Morgan fingerprint density at radius 2 is 1.69 bits per heavy atom. The lowest BCUT2D eigenvalue weighted by Crippen LogP contribution is -2.51. The van der Waals surface area contributed by atoms with Crippen molar-refractivity contribution in [2.45, 2.75) is 33.6 Å². The van der Waals surface area contributed by atoms with E-state index in [4.69, 9.17) is 0 Å². The number of piperazine rings is 1. The van der Waals surface area contributed by atoms with Gasteiger partial charge in [-0.2, -0.15) is 0 Å². The smallest absolute Gasteiger partial charge is 0.225 e. The molecular weight excluding hydrogens is 348 g/mol. The van der Waals surface area contributed by atoms with E-state index in [2.05, 4.69) is 59.5 Å². The molecule has 1 saturated heterocycles. The van der Waals surface area contributed by atoms with Gasteiger partial charge in [0.1, 0.15) is 0 Å². The number of amides is 1. The van der Waals surface area contributed by atoms with Crippen molar-refractivity contribution in [2.75, 3.05) is 31.1 Å². The fourth-order valence-corrected chi connectivity index (χ4v) is 3.46. The van der Waals surface area contributed by atoms with Gasteiger partial charge in [-0.25, -0.2) is 4.98 Å². The van der Waals surface area contributed by atoms with Crippen LogP contribution in [0, 0.1) is 12.8 Å². The minimum absolute atomic E-state index is 0. The summed E-state index contributed by atoms with van der Waals surface area (Å²) in [5.41, 5.74) is 2.37. The van der Waals surface area contributed by atoms with Gasteiger partial charge in [0.25, 0.3) is 0 Å². The number of hydrogen-bond donors (Lipinski definition) is 0. The Kier molecular flexibility index (Phi) is 7.09. The summed E-state index contributed by atoms with van der Waals surface area (Å²) in [4.78, 5) is 21.4. The molecule has 0 bridgehead atoms. The fraction of sp³-hybridized carbons (Fsp3) is 0.500. The third kappa shape index (κ3) is 4.21. The zero-order chi connectivity index (χ0) is 17.8. The van der Waals surface area contributed by atoms with Crippen molar-refractivity contribution in [2.24, 2.45) is 5.92 Å². The molecule has 1 aliphatic rings. The predicted molar refractivity (Wildman–Crippen MR) is 108 cm³/mol. The van der Waals surface area contributed by atoms with Crippen LogP contribution >= 0.6 is 12.4 Å². The lowest BCUT2D eigenvalue weighted by atomic mass is 10.0. The minimum atomic E-state index is 0. The Hall–Kier alpha value is -2.01. The van der Waals surface area contributed by atoms with Gasteiger partial charge < -0.3 is 9.80 Å². The second-order valence-electron chi connectivity index (χ2n) is 6.76. The first kappa shape index (κ1) is 20.3. The summed E-state index contributed by atoms with van der Waals surface area (Å²) < 4.78 is 2.12.